The van der Waals surface area contributed by atoms with Crippen LogP contribution in [0.25, 0.3) is 10.8 Å². The predicted molar refractivity (Wildman–Crippen MR) is 103 cm³/mol. The molecule has 2 N–H and O–H groups in total. The molecule has 0 aliphatic rings. The summed E-state index contributed by atoms with van der Waals surface area (Å²) in [6.45, 7) is 3.29. The van der Waals surface area contributed by atoms with Gasteiger partial charge < -0.3 is 10.1 Å². The summed E-state index contributed by atoms with van der Waals surface area (Å²) in [5.74, 6) is -1.02. The second-order valence-electron chi connectivity index (χ2n) is 6.19. The first kappa shape index (κ1) is 20.9. The van der Waals surface area contributed by atoms with Crippen molar-refractivity contribution < 1.29 is 22.7 Å². The average Bonchev–Trinajstić information content (AvgIpc) is 2.65. The van der Waals surface area contributed by atoms with Crippen molar-refractivity contribution in [3.05, 3.63) is 42.5 Å². The highest BCUT2D eigenvalue weighted by Gasteiger charge is 2.15. The standard InChI is InChI=1S/C19H24N2O5S/c1-3-14(2)21-18(22)13-26-19(23)10-11-20-27(24,25)17-9-8-15-6-4-5-7-16(15)12-17/h4-9,12,14,20H,3,10-11,13H2,1-2H3,(H,21,22). The molecule has 1 amide bonds. The van der Waals surface area contributed by atoms with E-state index in [-0.39, 0.29) is 36.4 Å². The maximum absolute atomic E-state index is 12.4. The summed E-state index contributed by atoms with van der Waals surface area (Å²) in [5, 5.41) is 4.43. The number of benzene rings is 2. The van der Waals surface area contributed by atoms with Crippen molar-refractivity contribution in [1.82, 2.24) is 10.0 Å². The topological polar surface area (TPSA) is 102 Å². The Morgan fingerprint density at radius 3 is 2.52 bits per heavy atom. The molecule has 0 heterocycles. The number of ether oxygens (including phenoxy) is 1. The number of amides is 1. The highest BCUT2D eigenvalue weighted by atomic mass is 32.2. The molecule has 0 saturated heterocycles. The minimum absolute atomic E-state index is 0.00460. The van der Waals surface area contributed by atoms with Gasteiger partial charge in [0.15, 0.2) is 6.61 Å². The van der Waals surface area contributed by atoms with Crippen LogP contribution in [0.2, 0.25) is 0 Å². The number of fused-ring (bicyclic) bond motifs is 1. The minimum atomic E-state index is -3.74. The molecule has 146 valence electrons. The van der Waals surface area contributed by atoms with Gasteiger partial charge in [-0.15, -0.1) is 0 Å². The molecule has 7 nitrogen and oxygen atoms in total. The first-order valence-electron chi connectivity index (χ1n) is 8.75. The molecule has 0 saturated carbocycles. The molecule has 0 fully saturated rings. The molecular weight excluding hydrogens is 368 g/mol. The molecule has 2 aromatic carbocycles. The number of esters is 1. The number of rotatable bonds is 9. The van der Waals surface area contributed by atoms with Crippen molar-refractivity contribution >= 4 is 32.7 Å². The van der Waals surface area contributed by atoms with E-state index in [1.165, 1.54) is 6.07 Å². The predicted octanol–water partition coefficient (Wildman–Crippen LogP) is 1.97. The summed E-state index contributed by atoms with van der Waals surface area (Å²) < 4.78 is 31.9. The summed E-state index contributed by atoms with van der Waals surface area (Å²) in [5.41, 5.74) is 0. The van der Waals surface area contributed by atoms with Crippen LogP contribution in [0.15, 0.2) is 47.4 Å². The minimum Gasteiger partial charge on any atom is -0.456 e. The van der Waals surface area contributed by atoms with Crippen molar-refractivity contribution in [2.45, 2.75) is 37.6 Å². The monoisotopic (exact) mass is 392 g/mol. The van der Waals surface area contributed by atoms with E-state index in [0.29, 0.717) is 0 Å². The third-order valence-corrected chi connectivity index (χ3v) is 5.50. The van der Waals surface area contributed by atoms with Crippen LogP contribution in [0.5, 0.6) is 0 Å². The zero-order chi connectivity index (χ0) is 19.9. The molecule has 0 radical (unpaired) electrons. The fourth-order valence-electron chi connectivity index (χ4n) is 2.34. The van der Waals surface area contributed by atoms with E-state index in [2.05, 4.69) is 10.0 Å². The summed E-state index contributed by atoms with van der Waals surface area (Å²) in [7, 11) is -3.74. The van der Waals surface area contributed by atoms with Gasteiger partial charge >= 0.3 is 5.97 Å². The Morgan fingerprint density at radius 2 is 1.81 bits per heavy atom. The Labute approximate surface area is 159 Å². The van der Waals surface area contributed by atoms with E-state index >= 15 is 0 Å². The first-order chi connectivity index (χ1) is 12.8. The largest absolute Gasteiger partial charge is 0.456 e. The SMILES string of the molecule is CCC(C)NC(=O)COC(=O)CCNS(=O)(=O)c1ccc2ccccc2c1. The van der Waals surface area contributed by atoms with E-state index in [0.717, 1.165) is 17.2 Å². The van der Waals surface area contributed by atoms with E-state index in [9.17, 15) is 18.0 Å². The summed E-state index contributed by atoms with van der Waals surface area (Å²) in [4.78, 5) is 23.3. The smallest absolute Gasteiger partial charge is 0.307 e. The highest BCUT2D eigenvalue weighted by Crippen LogP contribution is 2.18. The number of nitrogens with one attached hydrogen (secondary N) is 2. The van der Waals surface area contributed by atoms with E-state index in [1.807, 2.05) is 38.1 Å². The van der Waals surface area contributed by atoms with Crippen LogP contribution in [-0.2, 0) is 24.3 Å². The highest BCUT2D eigenvalue weighted by molar-refractivity contribution is 7.89. The molecule has 0 aromatic heterocycles. The van der Waals surface area contributed by atoms with Crippen molar-refractivity contribution in [3.63, 3.8) is 0 Å². The van der Waals surface area contributed by atoms with Crippen molar-refractivity contribution in [2.24, 2.45) is 0 Å². The number of hydrogen-bond acceptors (Lipinski definition) is 5. The first-order valence-corrected chi connectivity index (χ1v) is 10.2. The van der Waals surface area contributed by atoms with Crippen LogP contribution < -0.4 is 10.0 Å². The Bertz CT molecular complexity index is 911. The van der Waals surface area contributed by atoms with E-state index in [4.69, 9.17) is 4.74 Å². The van der Waals surface area contributed by atoms with Gasteiger partial charge in [-0.05, 0) is 36.2 Å². The Kier molecular flexibility index (Phi) is 7.32. The molecule has 27 heavy (non-hydrogen) atoms. The van der Waals surface area contributed by atoms with Gasteiger partial charge in [0, 0.05) is 12.6 Å². The maximum atomic E-state index is 12.4. The normalized spacial score (nSPS) is 12.5. The van der Waals surface area contributed by atoms with Gasteiger partial charge in [-0.25, -0.2) is 13.1 Å². The Balaban J connectivity index is 1.82. The van der Waals surface area contributed by atoms with Gasteiger partial charge in [0.2, 0.25) is 10.0 Å². The zero-order valence-electron chi connectivity index (χ0n) is 15.4. The lowest BCUT2D eigenvalue weighted by Gasteiger charge is -2.11. The average molecular weight is 392 g/mol. The molecule has 1 atom stereocenters. The molecule has 0 aliphatic heterocycles. The van der Waals surface area contributed by atoms with Crippen LogP contribution in [0.1, 0.15) is 26.7 Å². The second-order valence-corrected chi connectivity index (χ2v) is 7.96. The van der Waals surface area contributed by atoms with Crippen molar-refractivity contribution in [3.8, 4) is 0 Å². The Hall–Kier alpha value is -2.45. The number of hydrogen-bond donors (Lipinski definition) is 2. The number of carbonyl (C=O) groups excluding carboxylic acids is 2. The molecule has 0 aliphatic carbocycles. The fourth-order valence-corrected chi connectivity index (χ4v) is 3.41. The molecular formula is C19H24N2O5S. The molecule has 1 unspecified atom stereocenters. The number of carbonyl (C=O) groups is 2. The molecule has 2 aromatic rings. The van der Waals surface area contributed by atoms with Gasteiger partial charge in [0.25, 0.3) is 5.91 Å². The van der Waals surface area contributed by atoms with Crippen LogP contribution in [0, 0.1) is 0 Å². The lowest BCUT2D eigenvalue weighted by molar-refractivity contribution is -0.148. The van der Waals surface area contributed by atoms with Crippen LogP contribution in [0.4, 0.5) is 0 Å². The van der Waals surface area contributed by atoms with E-state index < -0.39 is 16.0 Å². The lowest BCUT2D eigenvalue weighted by atomic mass is 10.1. The molecule has 2 rings (SSSR count). The van der Waals surface area contributed by atoms with Crippen molar-refractivity contribution in [2.75, 3.05) is 13.2 Å². The molecule has 8 heteroatoms. The fraction of sp³-hybridized carbons (Fsp3) is 0.368. The zero-order valence-corrected chi connectivity index (χ0v) is 16.2. The van der Waals surface area contributed by atoms with Crippen LogP contribution in [0.3, 0.4) is 0 Å². The van der Waals surface area contributed by atoms with Gasteiger partial charge in [-0.3, -0.25) is 9.59 Å². The molecule has 0 bridgehead atoms. The van der Waals surface area contributed by atoms with Crippen molar-refractivity contribution in [1.29, 1.82) is 0 Å². The van der Waals surface area contributed by atoms with Gasteiger partial charge in [0.1, 0.15) is 0 Å². The third-order valence-electron chi connectivity index (χ3n) is 4.04. The summed E-state index contributed by atoms with van der Waals surface area (Å²) >= 11 is 0. The summed E-state index contributed by atoms with van der Waals surface area (Å²) in [6, 6.07) is 12.3. The van der Waals surface area contributed by atoms with Gasteiger partial charge in [0.05, 0.1) is 11.3 Å². The number of sulfonamides is 1. The lowest BCUT2D eigenvalue weighted by Crippen LogP contribution is -2.35. The maximum Gasteiger partial charge on any atom is 0.307 e. The van der Waals surface area contributed by atoms with E-state index in [1.54, 1.807) is 12.1 Å². The quantitative estimate of drug-likeness (QED) is 0.635. The third kappa shape index (κ3) is 6.33. The van der Waals surface area contributed by atoms with Gasteiger partial charge in [-0.2, -0.15) is 0 Å². The van der Waals surface area contributed by atoms with Crippen LogP contribution >= 0.6 is 0 Å². The van der Waals surface area contributed by atoms with Crippen LogP contribution in [-0.4, -0.2) is 39.5 Å². The second kappa shape index (κ2) is 9.48. The Morgan fingerprint density at radius 1 is 1.11 bits per heavy atom. The van der Waals surface area contributed by atoms with Gasteiger partial charge in [-0.1, -0.05) is 37.3 Å². The molecule has 0 spiro atoms. The summed E-state index contributed by atoms with van der Waals surface area (Å²) in [6.07, 6.45) is 0.611.